The Kier molecular flexibility index (Phi) is 4.51. The molecule has 5 nitrogen and oxygen atoms in total. The number of morpholine rings is 1. The Labute approximate surface area is 126 Å². The molecule has 0 bridgehead atoms. The lowest BCUT2D eigenvalue weighted by Gasteiger charge is -2.35. The number of hydrogen-bond donors (Lipinski definition) is 2. The first-order chi connectivity index (χ1) is 10.3. The molecule has 1 aromatic rings. The second-order valence-corrected chi connectivity index (χ2v) is 5.78. The Morgan fingerprint density at radius 2 is 2.38 bits per heavy atom. The number of ether oxygens (including phenoxy) is 2. The molecular formula is C16H25N3O2. The molecule has 3 N–H and O–H groups in total. The molecule has 21 heavy (non-hydrogen) atoms. The molecule has 0 aromatic heterocycles. The van der Waals surface area contributed by atoms with Crippen molar-refractivity contribution in [2.24, 2.45) is 0 Å². The third-order valence-corrected chi connectivity index (χ3v) is 4.35. The highest BCUT2D eigenvalue weighted by atomic mass is 16.5. The number of nitrogens with one attached hydrogen (secondary N) is 1. The van der Waals surface area contributed by atoms with E-state index in [9.17, 15) is 0 Å². The molecule has 0 spiro atoms. The van der Waals surface area contributed by atoms with E-state index in [1.165, 1.54) is 19.4 Å². The fourth-order valence-corrected chi connectivity index (χ4v) is 3.21. The van der Waals surface area contributed by atoms with Crippen molar-refractivity contribution >= 4 is 11.4 Å². The zero-order valence-corrected chi connectivity index (χ0v) is 12.7. The van der Waals surface area contributed by atoms with Crippen molar-refractivity contribution in [1.29, 1.82) is 0 Å². The van der Waals surface area contributed by atoms with E-state index in [1.54, 1.807) is 0 Å². The Balaban J connectivity index is 1.56. The van der Waals surface area contributed by atoms with Crippen LogP contribution in [0.25, 0.3) is 0 Å². The lowest BCUT2D eigenvalue weighted by Crippen LogP contribution is -2.48. The van der Waals surface area contributed by atoms with Crippen LogP contribution >= 0.6 is 0 Å². The summed E-state index contributed by atoms with van der Waals surface area (Å²) < 4.78 is 11.5. The van der Waals surface area contributed by atoms with Gasteiger partial charge in [0.1, 0.15) is 5.75 Å². The molecule has 1 aromatic carbocycles. The van der Waals surface area contributed by atoms with Gasteiger partial charge >= 0.3 is 0 Å². The van der Waals surface area contributed by atoms with Gasteiger partial charge in [-0.15, -0.1) is 0 Å². The van der Waals surface area contributed by atoms with E-state index in [1.807, 2.05) is 25.1 Å². The molecule has 2 fully saturated rings. The second kappa shape index (κ2) is 6.54. The maximum absolute atomic E-state index is 6.13. The molecule has 116 valence electrons. The van der Waals surface area contributed by atoms with Crippen molar-refractivity contribution in [3.8, 4) is 5.75 Å². The van der Waals surface area contributed by atoms with Crippen LogP contribution < -0.4 is 15.8 Å². The lowest BCUT2D eigenvalue weighted by atomic mass is 10.2. The van der Waals surface area contributed by atoms with Crippen LogP contribution in [0.1, 0.15) is 19.8 Å². The predicted molar refractivity (Wildman–Crippen MR) is 84.8 cm³/mol. The van der Waals surface area contributed by atoms with Crippen molar-refractivity contribution < 1.29 is 9.47 Å². The average molecular weight is 291 g/mol. The fourth-order valence-electron chi connectivity index (χ4n) is 3.21. The summed E-state index contributed by atoms with van der Waals surface area (Å²) >= 11 is 0. The van der Waals surface area contributed by atoms with E-state index in [4.69, 9.17) is 15.2 Å². The topological polar surface area (TPSA) is 59.8 Å². The molecule has 0 saturated carbocycles. The van der Waals surface area contributed by atoms with Gasteiger partial charge in [-0.3, -0.25) is 4.90 Å². The van der Waals surface area contributed by atoms with E-state index in [2.05, 4.69) is 10.2 Å². The van der Waals surface area contributed by atoms with Crippen molar-refractivity contribution in [1.82, 2.24) is 4.90 Å². The Morgan fingerprint density at radius 1 is 1.48 bits per heavy atom. The second-order valence-electron chi connectivity index (χ2n) is 5.78. The number of hydrogen-bond acceptors (Lipinski definition) is 5. The van der Waals surface area contributed by atoms with E-state index in [-0.39, 0.29) is 6.10 Å². The van der Waals surface area contributed by atoms with E-state index >= 15 is 0 Å². The van der Waals surface area contributed by atoms with Crippen molar-refractivity contribution in [2.75, 3.05) is 43.9 Å². The number of anilines is 2. The number of nitrogen functional groups attached to an aromatic ring is 1. The van der Waals surface area contributed by atoms with Crippen LogP contribution in [0, 0.1) is 0 Å². The number of nitrogens with two attached hydrogens (primary N) is 1. The minimum absolute atomic E-state index is 0.231. The Bertz CT molecular complexity index is 481. The highest BCUT2D eigenvalue weighted by Gasteiger charge is 2.31. The summed E-state index contributed by atoms with van der Waals surface area (Å²) in [4.78, 5) is 2.55. The molecule has 0 aliphatic carbocycles. The van der Waals surface area contributed by atoms with Crippen LogP contribution in [0.4, 0.5) is 11.4 Å². The average Bonchev–Trinajstić information content (AvgIpc) is 2.96. The number of nitrogens with zero attached hydrogens (tertiary/aromatic N) is 1. The monoisotopic (exact) mass is 291 g/mol. The molecule has 2 atom stereocenters. The van der Waals surface area contributed by atoms with Crippen LogP contribution in [0.2, 0.25) is 0 Å². The SMILES string of the molecule is CCOc1cccc(NCC2CN3CCCC3CO2)c1N. The van der Waals surface area contributed by atoms with Crippen molar-refractivity contribution in [2.45, 2.75) is 31.9 Å². The van der Waals surface area contributed by atoms with Crippen LogP contribution in [0.3, 0.4) is 0 Å². The maximum Gasteiger partial charge on any atom is 0.144 e. The molecule has 0 radical (unpaired) electrons. The predicted octanol–water partition coefficient (Wildman–Crippen LogP) is 1.94. The van der Waals surface area contributed by atoms with Gasteiger partial charge in [0.05, 0.1) is 30.7 Å². The molecule has 2 aliphatic rings. The van der Waals surface area contributed by atoms with Gasteiger partial charge in [-0.05, 0) is 38.4 Å². The fraction of sp³-hybridized carbons (Fsp3) is 0.625. The third-order valence-electron chi connectivity index (χ3n) is 4.35. The molecule has 5 heteroatoms. The number of rotatable bonds is 5. The summed E-state index contributed by atoms with van der Waals surface area (Å²) in [5, 5.41) is 3.40. The minimum atomic E-state index is 0.231. The zero-order chi connectivity index (χ0) is 14.7. The summed E-state index contributed by atoms with van der Waals surface area (Å²) in [6.45, 7) is 6.45. The molecule has 2 unspecified atom stereocenters. The highest BCUT2D eigenvalue weighted by molar-refractivity contribution is 5.72. The van der Waals surface area contributed by atoms with Gasteiger partial charge in [-0.1, -0.05) is 6.07 Å². The van der Waals surface area contributed by atoms with Crippen LogP contribution in [-0.2, 0) is 4.74 Å². The first kappa shape index (κ1) is 14.5. The summed E-state index contributed by atoms with van der Waals surface area (Å²) in [5.74, 6) is 0.742. The van der Waals surface area contributed by atoms with Gasteiger partial charge in [0, 0.05) is 19.1 Å². The zero-order valence-electron chi connectivity index (χ0n) is 12.7. The van der Waals surface area contributed by atoms with Crippen molar-refractivity contribution in [3.05, 3.63) is 18.2 Å². The molecule has 3 rings (SSSR count). The van der Waals surface area contributed by atoms with Gasteiger partial charge < -0.3 is 20.5 Å². The smallest absolute Gasteiger partial charge is 0.144 e. The minimum Gasteiger partial charge on any atom is -0.492 e. The number of fused-ring (bicyclic) bond motifs is 1. The molecular weight excluding hydrogens is 266 g/mol. The van der Waals surface area contributed by atoms with E-state index in [0.717, 1.165) is 31.1 Å². The third kappa shape index (κ3) is 3.24. The molecule has 2 saturated heterocycles. The Morgan fingerprint density at radius 3 is 3.24 bits per heavy atom. The quantitative estimate of drug-likeness (QED) is 0.812. The molecule has 2 aliphatic heterocycles. The van der Waals surface area contributed by atoms with Gasteiger partial charge in [0.25, 0.3) is 0 Å². The normalized spacial score (nSPS) is 25.6. The maximum atomic E-state index is 6.13. The molecule has 2 heterocycles. The summed E-state index contributed by atoms with van der Waals surface area (Å²) in [7, 11) is 0. The highest BCUT2D eigenvalue weighted by Crippen LogP contribution is 2.29. The standard InChI is InChI=1S/C16H25N3O2/c1-2-20-15-7-3-6-14(16(15)17)18-9-13-10-19-8-4-5-12(19)11-21-13/h3,6-7,12-13,18H,2,4-5,8-11,17H2,1H3. The van der Waals surface area contributed by atoms with Gasteiger partial charge in [-0.25, -0.2) is 0 Å². The lowest BCUT2D eigenvalue weighted by molar-refractivity contribution is -0.0415. The first-order valence-electron chi connectivity index (χ1n) is 7.88. The summed E-state index contributed by atoms with van der Waals surface area (Å²) in [6, 6.07) is 6.49. The largest absolute Gasteiger partial charge is 0.492 e. The Hall–Kier alpha value is -1.46. The van der Waals surface area contributed by atoms with Gasteiger partial charge in [0.15, 0.2) is 0 Å². The summed E-state index contributed by atoms with van der Waals surface area (Å²) in [6.07, 6.45) is 2.82. The number of benzene rings is 1. The van der Waals surface area contributed by atoms with E-state index in [0.29, 0.717) is 18.3 Å². The number of para-hydroxylation sites is 1. The van der Waals surface area contributed by atoms with Crippen molar-refractivity contribution in [3.63, 3.8) is 0 Å². The summed E-state index contributed by atoms with van der Waals surface area (Å²) in [5.41, 5.74) is 7.73. The van der Waals surface area contributed by atoms with Gasteiger partial charge in [-0.2, -0.15) is 0 Å². The van der Waals surface area contributed by atoms with Crippen LogP contribution in [0.5, 0.6) is 5.75 Å². The van der Waals surface area contributed by atoms with E-state index < -0.39 is 0 Å². The molecule has 0 amide bonds. The van der Waals surface area contributed by atoms with Crippen LogP contribution in [0.15, 0.2) is 18.2 Å². The van der Waals surface area contributed by atoms with Gasteiger partial charge in [0.2, 0.25) is 0 Å². The van der Waals surface area contributed by atoms with Crippen LogP contribution in [-0.4, -0.2) is 49.9 Å². The first-order valence-corrected chi connectivity index (χ1v) is 7.88.